The van der Waals surface area contributed by atoms with Gasteiger partial charge in [0.25, 0.3) is 20.0 Å². The molecule has 2 aromatic carbocycles. The van der Waals surface area contributed by atoms with Crippen molar-refractivity contribution in [2.45, 2.75) is 9.79 Å². The minimum atomic E-state index is -4.07. The number of carbonyl (C=O) groups excluding carboxylic acids is 2. The zero-order valence-electron chi connectivity index (χ0n) is 13.4. The third-order valence-electron chi connectivity index (χ3n) is 2.97. The lowest BCUT2D eigenvalue weighted by Gasteiger charge is -2.09. The van der Waals surface area contributed by atoms with Gasteiger partial charge in [-0.05, 0) is 48.5 Å². The molecule has 11 nitrogen and oxygen atoms in total. The van der Waals surface area contributed by atoms with Gasteiger partial charge in [0, 0.05) is 0 Å². The maximum absolute atomic E-state index is 11.8. The largest absolute Gasteiger partial charge is 0.457 e. The summed E-state index contributed by atoms with van der Waals surface area (Å²) in [5.41, 5.74) is 9.58. The molecule has 0 atom stereocenters. The number of rotatable bonds is 6. The van der Waals surface area contributed by atoms with Crippen LogP contribution < -0.4 is 25.6 Å². The van der Waals surface area contributed by atoms with Crippen molar-refractivity contribution in [2.75, 3.05) is 0 Å². The average Bonchev–Trinajstić information content (AvgIpc) is 2.53. The predicted molar refractivity (Wildman–Crippen MR) is 92.8 cm³/mol. The molecular weight excluding hydrogens is 400 g/mol. The molecule has 4 amide bonds. The SMILES string of the molecule is NC(=O)NS(=O)(=O)c1ccc(Oc2ccc(S(=O)(=O)NC(N)=O)cc2)cc1. The molecule has 0 heterocycles. The highest BCUT2D eigenvalue weighted by Crippen LogP contribution is 2.24. The van der Waals surface area contributed by atoms with Crippen LogP contribution in [0.1, 0.15) is 0 Å². The molecular formula is C14H14N4O7S2. The first-order chi connectivity index (χ1) is 12.5. The van der Waals surface area contributed by atoms with Crippen LogP contribution in [0, 0.1) is 0 Å². The lowest BCUT2D eigenvalue weighted by atomic mass is 10.3. The van der Waals surface area contributed by atoms with Crippen molar-refractivity contribution in [3.8, 4) is 11.5 Å². The number of benzene rings is 2. The average molecular weight is 414 g/mol. The third kappa shape index (κ3) is 5.32. The summed E-state index contributed by atoms with van der Waals surface area (Å²) in [4.78, 5) is 21.0. The van der Waals surface area contributed by atoms with Gasteiger partial charge < -0.3 is 16.2 Å². The number of carbonyl (C=O) groups is 2. The third-order valence-corrected chi connectivity index (χ3v) is 5.70. The van der Waals surface area contributed by atoms with Crippen LogP contribution in [0.3, 0.4) is 0 Å². The predicted octanol–water partition coefficient (Wildman–Crippen LogP) is 0.193. The Kier molecular flexibility index (Phi) is 5.56. The second kappa shape index (κ2) is 7.51. The molecule has 13 heteroatoms. The van der Waals surface area contributed by atoms with E-state index in [4.69, 9.17) is 16.2 Å². The molecule has 0 unspecified atom stereocenters. The highest BCUT2D eigenvalue weighted by molar-refractivity contribution is 7.90. The summed E-state index contributed by atoms with van der Waals surface area (Å²) in [6.45, 7) is 0. The Labute approximate surface area is 154 Å². The molecule has 0 aromatic heterocycles. The van der Waals surface area contributed by atoms with E-state index in [-0.39, 0.29) is 21.3 Å². The Hall–Kier alpha value is -3.32. The molecule has 0 bridgehead atoms. The van der Waals surface area contributed by atoms with Crippen LogP contribution in [0.15, 0.2) is 58.3 Å². The number of hydrogen-bond donors (Lipinski definition) is 4. The smallest absolute Gasteiger partial charge is 0.326 e. The van der Waals surface area contributed by atoms with E-state index in [0.717, 1.165) is 0 Å². The monoisotopic (exact) mass is 414 g/mol. The van der Waals surface area contributed by atoms with Gasteiger partial charge in [0.2, 0.25) is 0 Å². The van der Waals surface area contributed by atoms with Gasteiger partial charge in [-0.2, -0.15) is 0 Å². The van der Waals surface area contributed by atoms with E-state index < -0.39 is 32.1 Å². The van der Waals surface area contributed by atoms with Gasteiger partial charge >= 0.3 is 12.1 Å². The molecule has 27 heavy (non-hydrogen) atoms. The van der Waals surface area contributed by atoms with E-state index in [2.05, 4.69) is 0 Å². The van der Waals surface area contributed by atoms with Gasteiger partial charge in [0.15, 0.2) is 0 Å². The fourth-order valence-corrected chi connectivity index (χ4v) is 3.65. The van der Waals surface area contributed by atoms with Crippen molar-refractivity contribution in [3.63, 3.8) is 0 Å². The molecule has 6 N–H and O–H groups in total. The number of primary amides is 2. The quantitative estimate of drug-likeness (QED) is 0.519. The summed E-state index contributed by atoms with van der Waals surface area (Å²) in [5.74, 6) is 0.498. The Morgan fingerprint density at radius 3 is 1.22 bits per heavy atom. The van der Waals surface area contributed by atoms with Gasteiger partial charge in [0.05, 0.1) is 9.79 Å². The van der Waals surface area contributed by atoms with Crippen LogP contribution in [0.25, 0.3) is 0 Å². The lowest BCUT2D eigenvalue weighted by Crippen LogP contribution is -2.34. The standard InChI is InChI=1S/C14H14N4O7S2/c15-13(19)17-26(21,22)11-5-1-9(2-6-11)25-10-3-7-12(8-4-10)27(23,24)18-14(16)20/h1-8H,(H3,15,17,19)(H3,16,18,20). The zero-order valence-corrected chi connectivity index (χ0v) is 15.1. The normalized spacial score (nSPS) is 11.4. The molecule has 0 aliphatic carbocycles. The Bertz CT molecular complexity index is 976. The molecule has 0 saturated heterocycles. The molecule has 0 fully saturated rings. The number of urea groups is 2. The molecule has 144 valence electrons. The summed E-state index contributed by atoms with van der Waals surface area (Å²) in [6, 6.07) is 7.65. The molecule has 0 saturated carbocycles. The van der Waals surface area contributed by atoms with Crippen LogP contribution in [-0.2, 0) is 20.0 Å². The first kappa shape index (κ1) is 20.0. The first-order valence-electron chi connectivity index (χ1n) is 7.02. The van der Waals surface area contributed by atoms with Gasteiger partial charge in [-0.15, -0.1) is 0 Å². The van der Waals surface area contributed by atoms with Gasteiger partial charge in [0.1, 0.15) is 11.5 Å². The second-order valence-electron chi connectivity index (χ2n) is 4.98. The van der Waals surface area contributed by atoms with Crippen LogP contribution >= 0.6 is 0 Å². The van der Waals surface area contributed by atoms with Gasteiger partial charge in [-0.3, -0.25) is 0 Å². The molecule has 0 spiro atoms. The summed E-state index contributed by atoms with van der Waals surface area (Å²) in [5, 5.41) is 0. The summed E-state index contributed by atoms with van der Waals surface area (Å²) < 4.78 is 55.8. The van der Waals surface area contributed by atoms with Crippen molar-refractivity contribution < 1.29 is 31.2 Å². The van der Waals surface area contributed by atoms with E-state index >= 15 is 0 Å². The number of nitrogens with two attached hydrogens (primary N) is 2. The molecule has 0 aliphatic heterocycles. The van der Waals surface area contributed by atoms with Crippen LogP contribution in [0.2, 0.25) is 0 Å². The zero-order chi connectivity index (χ0) is 20.2. The molecule has 0 radical (unpaired) electrons. The van der Waals surface area contributed by atoms with E-state index in [1.165, 1.54) is 48.5 Å². The van der Waals surface area contributed by atoms with Crippen molar-refractivity contribution >= 4 is 32.1 Å². The summed E-state index contributed by atoms with van der Waals surface area (Å²) in [7, 11) is -8.15. The lowest BCUT2D eigenvalue weighted by molar-refractivity contribution is 0.252. The summed E-state index contributed by atoms with van der Waals surface area (Å²) in [6.07, 6.45) is 0. The van der Waals surface area contributed by atoms with Crippen molar-refractivity contribution in [2.24, 2.45) is 11.5 Å². The number of nitrogens with one attached hydrogen (secondary N) is 2. The van der Waals surface area contributed by atoms with Gasteiger partial charge in [-0.25, -0.2) is 35.9 Å². The Morgan fingerprint density at radius 1 is 0.667 bits per heavy atom. The second-order valence-corrected chi connectivity index (χ2v) is 8.35. The highest BCUT2D eigenvalue weighted by Gasteiger charge is 2.17. The van der Waals surface area contributed by atoms with E-state index in [9.17, 15) is 26.4 Å². The van der Waals surface area contributed by atoms with Crippen LogP contribution in [-0.4, -0.2) is 28.9 Å². The molecule has 0 aliphatic rings. The van der Waals surface area contributed by atoms with E-state index in [0.29, 0.717) is 0 Å². The number of hydrogen-bond acceptors (Lipinski definition) is 7. The maximum Gasteiger partial charge on any atom is 0.326 e. The fourth-order valence-electron chi connectivity index (χ4n) is 1.89. The number of sulfonamides is 2. The highest BCUT2D eigenvalue weighted by atomic mass is 32.2. The van der Waals surface area contributed by atoms with Crippen LogP contribution in [0.5, 0.6) is 11.5 Å². The minimum Gasteiger partial charge on any atom is -0.457 e. The van der Waals surface area contributed by atoms with Crippen LogP contribution in [0.4, 0.5) is 9.59 Å². The fraction of sp³-hybridized carbons (Fsp3) is 0. The number of ether oxygens (including phenoxy) is 1. The Morgan fingerprint density at radius 2 is 0.963 bits per heavy atom. The minimum absolute atomic E-state index is 0.201. The van der Waals surface area contributed by atoms with Crippen molar-refractivity contribution in [3.05, 3.63) is 48.5 Å². The molecule has 2 aromatic rings. The van der Waals surface area contributed by atoms with E-state index in [1.54, 1.807) is 9.44 Å². The van der Waals surface area contributed by atoms with E-state index in [1.807, 2.05) is 0 Å². The first-order valence-corrected chi connectivity index (χ1v) is 9.99. The Balaban J connectivity index is 2.14. The van der Waals surface area contributed by atoms with Crippen molar-refractivity contribution in [1.29, 1.82) is 0 Å². The van der Waals surface area contributed by atoms with Gasteiger partial charge in [-0.1, -0.05) is 0 Å². The molecule has 2 rings (SSSR count). The summed E-state index contributed by atoms with van der Waals surface area (Å²) >= 11 is 0. The van der Waals surface area contributed by atoms with Crippen molar-refractivity contribution in [1.82, 2.24) is 9.44 Å². The topological polar surface area (TPSA) is 188 Å². The maximum atomic E-state index is 11.8. The number of amides is 4.